The molecule has 4 aromatic rings. The lowest BCUT2D eigenvalue weighted by Crippen LogP contribution is -2.15. The first-order valence-electron chi connectivity index (χ1n) is 11.6. The van der Waals surface area contributed by atoms with Gasteiger partial charge in [-0.25, -0.2) is 36.0 Å². The summed E-state index contributed by atoms with van der Waals surface area (Å²) in [5, 5.41) is 37.6. The minimum absolute atomic E-state index is 0.324. The van der Waals surface area contributed by atoms with Crippen LogP contribution in [-0.4, -0.2) is 61.1 Å². The van der Waals surface area contributed by atoms with Crippen LogP contribution in [0.2, 0.25) is 0 Å². The highest BCUT2D eigenvalue weighted by Crippen LogP contribution is 2.31. The second kappa shape index (κ2) is 10.9. The van der Waals surface area contributed by atoms with E-state index in [0.717, 1.165) is 36.4 Å². The standard InChI is InChI=1S/C28H18O12S2/c29-25(30)19-3-1-5-21(23(19)27(33)34)41(37,38)17-11-7-15(8-12-17)16-9-13-18(14-10-16)42(39,40)22-6-2-4-20(26(31)32)24(22)28(35)36/h1-14H,(H,29,30)(H,31,32)(H,33,34)(H,35,36). The van der Waals surface area contributed by atoms with Crippen molar-refractivity contribution in [3.05, 3.63) is 107 Å². The van der Waals surface area contributed by atoms with E-state index in [1.165, 1.54) is 48.5 Å². The summed E-state index contributed by atoms with van der Waals surface area (Å²) in [5.41, 5.74) is -2.30. The third kappa shape index (κ3) is 5.23. The molecule has 0 aromatic heterocycles. The Labute approximate surface area is 237 Å². The minimum Gasteiger partial charge on any atom is -0.478 e. The number of hydrogen-bond acceptors (Lipinski definition) is 8. The molecule has 14 heteroatoms. The third-order valence-electron chi connectivity index (χ3n) is 6.18. The minimum atomic E-state index is -4.46. The second-order valence-corrected chi connectivity index (χ2v) is 12.5. The summed E-state index contributed by atoms with van der Waals surface area (Å²) in [7, 11) is -8.92. The van der Waals surface area contributed by atoms with E-state index in [2.05, 4.69) is 0 Å². The number of carboxylic acid groups (broad SMARTS) is 4. The van der Waals surface area contributed by atoms with Crippen molar-refractivity contribution in [2.24, 2.45) is 0 Å². The fourth-order valence-corrected chi connectivity index (χ4v) is 7.16. The molecule has 42 heavy (non-hydrogen) atoms. The normalized spacial score (nSPS) is 11.5. The lowest BCUT2D eigenvalue weighted by Gasteiger charge is -2.12. The predicted octanol–water partition coefficient (Wildman–Crippen LogP) is 3.81. The van der Waals surface area contributed by atoms with Crippen LogP contribution >= 0.6 is 0 Å². The highest BCUT2D eigenvalue weighted by Gasteiger charge is 2.30. The molecule has 0 aliphatic carbocycles. The maximum atomic E-state index is 13.2. The van der Waals surface area contributed by atoms with Crippen LogP contribution in [0.1, 0.15) is 41.4 Å². The average molecular weight is 611 g/mol. The van der Waals surface area contributed by atoms with Gasteiger partial charge in [0.25, 0.3) is 0 Å². The average Bonchev–Trinajstić information content (AvgIpc) is 2.96. The van der Waals surface area contributed by atoms with Crippen LogP contribution in [0.4, 0.5) is 0 Å². The molecule has 0 amide bonds. The van der Waals surface area contributed by atoms with Gasteiger partial charge in [0.05, 0.1) is 41.8 Å². The molecular formula is C28H18O12S2. The van der Waals surface area contributed by atoms with Crippen molar-refractivity contribution in [3.63, 3.8) is 0 Å². The number of benzene rings is 4. The molecule has 12 nitrogen and oxygen atoms in total. The molecular weight excluding hydrogens is 592 g/mol. The summed E-state index contributed by atoms with van der Waals surface area (Å²) in [6, 6.07) is 16.3. The molecule has 0 aliphatic rings. The maximum Gasteiger partial charge on any atom is 0.337 e. The van der Waals surface area contributed by atoms with Gasteiger partial charge in [-0.05, 0) is 59.7 Å². The van der Waals surface area contributed by atoms with Gasteiger partial charge in [0, 0.05) is 0 Å². The lowest BCUT2D eigenvalue weighted by atomic mass is 10.1. The van der Waals surface area contributed by atoms with Gasteiger partial charge < -0.3 is 20.4 Å². The molecule has 214 valence electrons. The summed E-state index contributed by atoms with van der Waals surface area (Å²) in [4.78, 5) is 44.3. The van der Waals surface area contributed by atoms with Gasteiger partial charge in [0.1, 0.15) is 0 Å². The van der Waals surface area contributed by atoms with E-state index in [0.29, 0.717) is 11.1 Å². The number of hydrogen-bond donors (Lipinski definition) is 4. The number of rotatable bonds is 9. The Morgan fingerprint density at radius 1 is 0.429 bits per heavy atom. The lowest BCUT2D eigenvalue weighted by molar-refractivity contribution is 0.0648. The first-order chi connectivity index (χ1) is 19.7. The van der Waals surface area contributed by atoms with Gasteiger partial charge >= 0.3 is 23.9 Å². The molecule has 0 saturated carbocycles. The van der Waals surface area contributed by atoms with E-state index < -0.39 is 75.6 Å². The van der Waals surface area contributed by atoms with Crippen LogP contribution in [0, 0.1) is 0 Å². The Balaban J connectivity index is 1.70. The monoisotopic (exact) mass is 610 g/mol. The Morgan fingerprint density at radius 3 is 1.00 bits per heavy atom. The van der Waals surface area contributed by atoms with Gasteiger partial charge in [-0.1, -0.05) is 36.4 Å². The number of carboxylic acids is 4. The van der Waals surface area contributed by atoms with Gasteiger partial charge in [-0.15, -0.1) is 0 Å². The van der Waals surface area contributed by atoms with E-state index in [1.807, 2.05) is 0 Å². The van der Waals surface area contributed by atoms with E-state index in [-0.39, 0.29) is 9.79 Å². The highest BCUT2D eigenvalue weighted by atomic mass is 32.2. The summed E-state index contributed by atoms with van der Waals surface area (Å²) in [6.07, 6.45) is 0. The van der Waals surface area contributed by atoms with Gasteiger partial charge in [0.15, 0.2) is 0 Å². The molecule has 0 saturated heterocycles. The zero-order valence-electron chi connectivity index (χ0n) is 21.0. The van der Waals surface area contributed by atoms with Crippen molar-refractivity contribution in [1.29, 1.82) is 0 Å². The highest BCUT2D eigenvalue weighted by molar-refractivity contribution is 7.92. The van der Waals surface area contributed by atoms with Crippen molar-refractivity contribution < 1.29 is 56.4 Å². The molecule has 4 aromatic carbocycles. The smallest absolute Gasteiger partial charge is 0.337 e. The molecule has 0 heterocycles. The largest absolute Gasteiger partial charge is 0.478 e. The van der Waals surface area contributed by atoms with E-state index in [4.69, 9.17) is 0 Å². The van der Waals surface area contributed by atoms with Crippen molar-refractivity contribution in [1.82, 2.24) is 0 Å². The SMILES string of the molecule is O=C(O)c1cccc(S(=O)(=O)c2ccc(-c3ccc(S(=O)(=O)c4cccc(C(=O)O)c4C(=O)O)cc3)cc2)c1C(=O)O. The van der Waals surface area contributed by atoms with E-state index in [9.17, 15) is 56.4 Å². The van der Waals surface area contributed by atoms with Crippen LogP contribution in [0.15, 0.2) is 105 Å². The topological polar surface area (TPSA) is 217 Å². The van der Waals surface area contributed by atoms with Gasteiger partial charge in [0.2, 0.25) is 19.7 Å². The molecule has 0 spiro atoms. The zero-order valence-corrected chi connectivity index (χ0v) is 22.6. The van der Waals surface area contributed by atoms with Crippen LogP contribution in [0.25, 0.3) is 11.1 Å². The number of aromatic carboxylic acids is 4. The molecule has 0 atom stereocenters. The molecule has 0 aliphatic heterocycles. The fourth-order valence-electron chi connectivity index (χ4n) is 4.21. The van der Waals surface area contributed by atoms with Gasteiger partial charge in [-0.2, -0.15) is 0 Å². The summed E-state index contributed by atoms with van der Waals surface area (Å²) in [6.45, 7) is 0. The van der Waals surface area contributed by atoms with Crippen LogP contribution in [0.5, 0.6) is 0 Å². The molecule has 0 fully saturated rings. The number of carbonyl (C=O) groups is 4. The van der Waals surface area contributed by atoms with Crippen LogP contribution in [-0.2, 0) is 19.7 Å². The molecule has 4 N–H and O–H groups in total. The fraction of sp³-hybridized carbons (Fsp3) is 0. The van der Waals surface area contributed by atoms with Crippen molar-refractivity contribution in [2.75, 3.05) is 0 Å². The van der Waals surface area contributed by atoms with Crippen molar-refractivity contribution in [3.8, 4) is 11.1 Å². The first kappa shape index (κ1) is 29.6. The van der Waals surface area contributed by atoms with Crippen LogP contribution < -0.4 is 0 Å². The van der Waals surface area contributed by atoms with Crippen molar-refractivity contribution >= 4 is 43.6 Å². The quantitative estimate of drug-likeness (QED) is 0.213. The zero-order chi connectivity index (χ0) is 31.0. The predicted molar refractivity (Wildman–Crippen MR) is 144 cm³/mol. The third-order valence-corrected chi connectivity index (χ3v) is 9.81. The van der Waals surface area contributed by atoms with E-state index in [1.54, 1.807) is 0 Å². The Kier molecular flexibility index (Phi) is 7.70. The first-order valence-corrected chi connectivity index (χ1v) is 14.5. The summed E-state index contributed by atoms with van der Waals surface area (Å²) >= 11 is 0. The summed E-state index contributed by atoms with van der Waals surface area (Å²) < 4.78 is 52.8. The molecule has 0 bridgehead atoms. The molecule has 0 unspecified atom stereocenters. The molecule has 4 rings (SSSR count). The number of sulfone groups is 2. The maximum absolute atomic E-state index is 13.2. The Bertz CT molecular complexity index is 1850. The van der Waals surface area contributed by atoms with Crippen molar-refractivity contribution in [2.45, 2.75) is 19.6 Å². The Morgan fingerprint density at radius 2 is 0.738 bits per heavy atom. The van der Waals surface area contributed by atoms with Gasteiger partial charge in [-0.3, -0.25) is 0 Å². The summed E-state index contributed by atoms with van der Waals surface area (Å²) in [5.74, 6) is -6.69. The second-order valence-electron chi connectivity index (χ2n) is 8.63. The van der Waals surface area contributed by atoms with E-state index >= 15 is 0 Å². The van der Waals surface area contributed by atoms with Crippen LogP contribution in [0.3, 0.4) is 0 Å². The Hall–Kier alpha value is -5.34. The molecule has 0 radical (unpaired) electrons.